The molecule has 8 nitrogen and oxygen atoms in total. The van der Waals surface area contributed by atoms with Crippen molar-refractivity contribution in [3.63, 3.8) is 0 Å². The number of rotatable bonds is 10. The van der Waals surface area contributed by atoms with E-state index in [-0.39, 0.29) is 37.6 Å². The average molecular weight is 464 g/mol. The van der Waals surface area contributed by atoms with Crippen molar-refractivity contribution in [1.29, 1.82) is 5.41 Å². The molecule has 180 valence electrons. The number of anilines is 2. The Morgan fingerprint density at radius 1 is 0.765 bits per heavy atom. The molecule has 0 amide bonds. The fourth-order valence-electron chi connectivity index (χ4n) is 3.91. The monoisotopic (exact) mass is 463 g/mol. The summed E-state index contributed by atoms with van der Waals surface area (Å²) in [6.45, 7) is 6.96. The molecule has 0 atom stereocenters. The van der Waals surface area contributed by atoms with Gasteiger partial charge in [0.25, 0.3) is 0 Å². The zero-order chi connectivity index (χ0) is 24.5. The number of benzene rings is 2. The van der Waals surface area contributed by atoms with Gasteiger partial charge in [-0.15, -0.1) is 0 Å². The second kappa shape index (κ2) is 12.2. The molecule has 2 aromatic rings. The van der Waals surface area contributed by atoms with Gasteiger partial charge < -0.3 is 25.4 Å². The molecule has 1 aliphatic rings. The Bertz CT molecular complexity index is 960. The summed E-state index contributed by atoms with van der Waals surface area (Å²) in [6, 6.07) is 15.4. The van der Waals surface area contributed by atoms with E-state index in [1.807, 2.05) is 62.4 Å². The zero-order valence-electron chi connectivity index (χ0n) is 19.9. The minimum atomic E-state index is -0.229. The number of nitrogens with one attached hydrogen (secondary N) is 1. The van der Waals surface area contributed by atoms with E-state index in [0.29, 0.717) is 30.2 Å². The molecule has 0 saturated heterocycles. The molecule has 0 unspecified atom stereocenters. The van der Waals surface area contributed by atoms with Gasteiger partial charge in [0.15, 0.2) is 5.78 Å². The third kappa shape index (κ3) is 6.36. The number of carbonyl (C=O) groups is 1. The molecule has 3 rings (SSSR count). The summed E-state index contributed by atoms with van der Waals surface area (Å²) >= 11 is 0. The number of carbonyl (C=O) groups excluding carboxylic acids is 1. The lowest BCUT2D eigenvalue weighted by molar-refractivity contribution is -0.112. The molecule has 34 heavy (non-hydrogen) atoms. The maximum atomic E-state index is 12.2. The molecule has 8 heteroatoms. The summed E-state index contributed by atoms with van der Waals surface area (Å²) in [7, 11) is 0. The zero-order valence-corrected chi connectivity index (χ0v) is 19.9. The van der Waals surface area contributed by atoms with E-state index in [2.05, 4.69) is 9.80 Å². The van der Waals surface area contributed by atoms with E-state index < -0.39 is 0 Å². The summed E-state index contributed by atoms with van der Waals surface area (Å²) in [5.74, 6) is -0.229. The van der Waals surface area contributed by atoms with Crippen LogP contribution in [0.4, 0.5) is 22.7 Å². The van der Waals surface area contributed by atoms with Gasteiger partial charge in [-0.1, -0.05) is 0 Å². The summed E-state index contributed by atoms with van der Waals surface area (Å²) in [5.41, 5.74) is 4.70. The summed E-state index contributed by atoms with van der Waals surface area (Å²) < 4.78 is 0. The van der Waals surface area contributed by atoms with Gasteiger partial charge in [-0.3, -0.25) is 14.8 Å². The van der Waals surface area contributed by atoms with Gasteiger partial charge in [0.05, 0.1) is 48.1 Å². The summed E-state index contributed by atoms with van der Waals surface area (Å²) in [6.07, 6.45) is 0.215. The van der Waals surface area contributed by atoms with E-state index in [1.165, 1.54) is 0 Å². The predicted molar refractivity (Wildman–Crippen MR) is 139 cm³/mol. The number of aliphatic hydroxyl groups is 2. The van der Waals surface area contributed by atoms with Crippen LogP contribution in [-0.4, -0.2) is 72.5 Å². The molecule has 1 saturated carbocycles. The van der Waals surface area contributed by atoms with Crippen LogP contribution in [0.15, 0.2) is 58.5 Å². The first-order chi connectivity index (χ1) is 16.5. The standard InChI is InChI=1S/C26H33N5O3/c1-3-30(13-15-32)21-9-5-19(6-10-21)28-24-17-23(27)26(34)18-25(24)29-20-7-11-22(12-8-20)31(4-2)14-16-33/h5-12,27,32-33H,3-4,13-18H2,1-2H3. The Morgan fingerprint density at radius 3 is 1.56 bits per heavy atom. The van der Waals surface area contributed by atoms with Crippen molar-refractivity contribution in [2.45, 2.75) is 26.7 Å². The SMILES string of the molecule is CCN(CCO)c1ccc(N=C2CC(=N)C(=O)CC2=Nc2ccc(N(CC)CCO)cc2)cc1. The molecule has 0 heterocycles. The van der Waals surface area contributed by atoms with Crippen LogP contribution in [0.3, 0.4) is 0 Å². The van der Waals surface area contributed by atoms with Crippen LogP contribution in [0.25, 0.3) is 0 Å². The van der Waals surface area contributed by atoms with Gasteiger partial charge >= 0.3 is 0 Å². The average Bonchev–Trinajstić information content (AvgIpc) is 2.85. The third-order valence-electron chi connectivity index (χ3n) is 5.80. The number of likely N-dealkylation sites (N-methyl/N-ethyl adjacent to an activating group) is 2. The normalized spacial score (nSPS) is 16.4. The first kappa shape index (κ1) is 25.3. The highest BCUT2D eigenvalue weighted by Gasteiger charge is 2.26. The molecule has 3 N–H and O–H groups in total. The minimum absolute atomic E-state index is 0.0485. The van der Waals surface area contributed by atoms with Crippen LogP contribution in [0.1, 0.15) is 26.7 Å². The first-order valence-electron chi connectivity index (χ1n) is 11.7. The molecule has 1 aliphatic carbocycles. The second-order valence-electron chi connectivity index (χ2n) is 8.01. The van der Waals surface area contributed by atoms with E-state index in [4.69, 9.17) is 15.4 Å². The van der Waals surface area contributed by atoms with Crippen molar-refractivity contribution < 1.29 is 15.0 Å². The van der Waals surface area contributed by atoms with Crippen LogP contribution in [0.2, 0.25) is 0 Å². The van der Waals surface area contributed by atoms with Crippen molar-refractivity contribution in [2.75, 3.05) is 49.2 Å². The molecular weight excluding hydrogens is 430 g/mol. The minimum Gasteiger partial charge on any atom is -0.395 e. The molecule has 0 aromatic heterocycles. The fraction of sp³-hybridized carbons (Fsp3) is 0.385. The van der Waals surface area contributed by atoms with Crippen LogP contribution in [-0.2, 0) is 4.79 Å². The van der Waals surface area contributed by atoms with Crippen molar-refractivity contribution in [3.05, 3.63) is 48.5 Å². The Labute approximate surface area is 200 Å². The lowest BCUT2D eigenvalue weighted by Gasteiger charge is -2.22. The second-order valence-corrected chi connectivity index (χ2v) is 8.01. The van der Waals surface area contributed by atoms with Gasteiger partial charge in [0.1, 0.15) is 0 Å². The first-order valence-corrected chi connectivity index (χ1v) is 11.7. The lowest BCUT2D eigenvalue weighted by atomic mass is 9.93. The number of aliphatic imine (C=N–C) groups is 2. The number of ketones is 1. The van der Waals surface area contributed by atoms with Crippen LogP contribution < -0.4 is 9.80 Å². The molecule has 0 aliphatic heterocycles. The Hall–Kier alpha value is -3.36. The largest absolute Gasteiger partial charge is 0.395 e. The van der Waals surface area contributed by atoms with Crippen molar-refractivity contribution in [2.24, 2.45) is 9.98 Å². The van der Waals surface area contributed by atoms with Crippen molar-refractivity contribution in [3.8, 4) is 0 Å². The summed E-state index contributed by atoms with van der Waals surface area (Å²) in [4.78, 5) is 25.8. The highest BCUT2D eigenvalue weighted by atomic mass is 16.3. The maximum absolute atomic E-state index is 12.2. The van der Waals surface area contributed by atoms with Crippen LogP contribution in [0.5, 0.6) is 0 Å². The Balaban J connectivity index is 1.87. The van der Waals surface area contributed by atoms with Crippen molar-refractivity contribution in [1.82, 2.24) is 0 Å². The highest BCUT2D eigenvalue weighted by Crippen LogP contribution is 2.24. The van der Waals surface area contributed by atoms with E-state index in [0.717, 1.165) is 30.2 Å². The van der Waals surface area contributed by atoms with Crippen LogP contribution >= 0.6 is 0 Å². The maximum Gasteiger partial charge on any atom is 0.182 e. The Kier molecular flexibility index (Phi) is 9.07. The highest BCUT2D eigenvalue weighted by molar-refractivity contribution is 6.61. The van der Waals surface area contributed by atoms with Gasteiger partial charge in [-0.25, -0.2) is 0 Å². The predicted octanol–water partition coefficient (Wildman–Crippen LogP) is 3.55. The lowest BCUT2D eigenvalue weighted by Crippen LogP contribution is -2.32. The molecule has 1 fully saturated rings. The number of hydrogen-bond donors (Lipinski definition) is 3. The number of Topliss-reactive ketones (excluding diaryl/α,β-unsaturated/α-hetero) is 1. The van der Waals surface area contributed by atoms with Crippen molar-refractivity contribution >= 4 is 45.7 Å². The topological polar surface area (TPSA) is 113 Å². The third-order valence-corrected chi connectivity index (χ3v) is 5.80. The fourth-order valence-corrected chi connectivity index (χ4v) is 3.91. The number of aliphatic hydroxyl groups excluding tert-OH is 2. The molecule has 0 spiro atoms. The van der Waals surface area contributed by atoms with E-state index in [9.17, 15) is 15.0 Å². The Morgan fingerprint density at radius 2 is 1.18 bits per heavy atom. The van der Waals surface area contributed by atoms with Crippen LogP contribution in [0, 0.1) is 5.41 Å². The van der Waals surface area contributed by atoms with Gasteiger partial charge in [-0.05, 0) is 62.4 Å². The smallest absolute Gasteiger partial charge is 0.182 e. The van der Waals surface area contributed by atoms with Gasteiger partial charge in [0, 0.05) is 44.0 Å². The summed E-state index contributed by atoms with van der Waals surface area (Å²) in [5, 5.41) is 26.5. The molecule has 0 bridgehead atoms. The molecular formula is C26H33N5O3. The number of nitrogens with zero attached hydrogens (tertiary/aromatic N) is 4. The molecule has 0 radical (unpaired) electrons. The van der Waals surface area contributed by atoms with E-state index in [1.54, 1.807) is 0 Å². The molecule has 2 aromatic carbocycles. The quantitative estimate of drug-likeness (QED) is 0.499. The van der Waals surface area contributed by atoms with Gasteiger partial charge in [-0.2, -0.15) is 0 Å². The van der Waals surface area contributed by atoms with Gasteiger partial charge in [0.2, 0.25) is 0 Å². The van der Waals surface area contributed by atoms with E-state index >= 15 is 0 Å². The number of hydrogen-bond acceptors (Lipinski definition) is 8.